The van der Waals surface area contributed by atoms with Gasteiger partial charge in [-0.2, -0.15) is 0 Å². The Labute approximate surface area is 178 Å². The maximum absolute atomic E-state index is 13.8. The summed E-state index contributed by atoms with van der Waals surface area (Å²) in [5.41, 5.74) is 8.80. The van der Waals surface area contributed by atoms with Gasteiger partial charge in [0.1, 0.15) is 5.75 Å². The molecule has 0 unspecified atom stereocenters. The molecule has 2 amide bonds. The van der Waals surface area contributed by atoms with Gasteiger partial charge in [0, 0.05) is 23.3 Å². The number of amides is 2. The SMILES string of the molecule is NC(=O)[C@@H]1CN(C(=O)c2cc(-c3ccncc3)nc3ccccc23)c2ccccc2O1. The largest absolute Gasteiger partial charge is 0.477 e. The van der Waals surface area contributed by atoms with Crippen molar-refractivity contribution in [2.24, 2.45) is 5.73 Å². The van der Waals surface area contributed by atoms with E-state index in [1.165, 1.54) is 0 Å². The molecule has 7 nitrogen and oxygen atoms in total. The molecule has 0 aliphatic carbocycles. The van der Waals surface area contributed by atoms with Crippen LogP contribution in [0.3, 0.4) is 0 Å². The van der Waals surface area contributed by atoms with E-state index in [2.05, 4.69) is 4.98 Å². The second kappa shape index (κ2) is 7.53. The minimum atomic E-state index is -0.924. The molecule has 2 aromatic heterocycles. The smallest absolute Gasteiger partial charge is 0.260 e. The van der Waals surface area contributed by atoms with Gasteiger partial charge in [-0.15, -0.1) is 0 Å². The van der Waals surface area contributed by atoms with Crippen molar-refractivity contribution in [1.29, 1.82) is 0 Å². The zero-order chi connectivity index (χ0) is 21.4. The predicted octanol–water partition coefficient (Wildman–Crippen LogP) is 3.19. The number of primary amides is 1. The van der Waals surface area contributed by atoms with Crippen LogP contribution < -0.4 is 15.4 Å². The van der Waals surface area contributed by atoms with Crippen molar-refractivity contribution in [3.8, 4) is 17.0 Å². The van der Waals surface area contributed by atoms with Crippen LogP contribution in [0, 0.1) is 0 Å². The molecule has 7 heteroatoms. The summed E-state index contributed by atoms with van der Waals surface area (Å²) in [5, 5.41) is 0.727. The van der Waals surface area contributed by atoms with Crippen LogP contribution >= 0.6 is 0 Å². The molecule has 0 radical (unpaired) electrons. The monoisotopic (exact) mass is 410 g/mol. The number of hydrogen-bond acceptors (Lipinski definition) is 5. The third kappa shape index (κ3) is 3.36. The Morgan fingerprint density at radius 2 is 1.74 bits per heavy atom. The Kier molecular flexibility index (Phi) is 4.55. The number of nitrogens with two attached hydrogens (primary N) is 1. The van der Waals surface area contributed by atoms with Gasteiger partial charge in [0.15, 0.2) is 6.10 Å². The van der Waals surface area contributed by atoms with Gasteiger partial charge in [-0.3, -0.25) is 14.6 Å². The summed E-state index contributed by atoms with van der Waals surface area (Å²) in [7, 11) is 0. The minimum absolute atomic E-state index is 0.0341. The summed E-state index contributed by atoms with van der Waals surface area (Å²) < 4.78 is 5.70. The average molecular weight is 410 g/mol. The van der Waals surface area contributed by atoms with Crippen molar-refractivity contribution in [3.63, 3.8) is 0 Å². The zero-order valence-corrected chi connectivity index (χ0v) is 16.4. The van der Waals surface area contributed by atoms with Crippen LogP contribution in [0.25, 0.3) is 22.2 Å². The number of pyridine rings is 2. The highest BCUT2D eigenvalue weighted by Gasteiger charge is 2.33. The zero-order valence-electron chi connectivity index (χ0n) is 16.4. The third-order valence-corrected chi connectivity index (χ3v) is 5.26. The van der Waals surface area contributed by atoms with Gasteiger partial charge >= 0.3 is 0 Å². The lowest BCUT2D eigenvalue weighted by Gasteiger charge is -2.33. The first-order chi connectivity index (χ1) is 15.1. The highest BCUT2D eigenvalue weighted by atomic mass is 16.5. The molecule has 1 atom stereocenters. The van der Waals surface area contributed by atoms with Gasteiger partial charge in [0.2, 0.25) is 0 Å². The van der Waals surface area contributed by atoms with E-state index in [-0.39, 0.29) is 12.5 Å². The Morgan fingerprint density at radius 3 is 2.55 bits per heavy atom. The highest BCUT2D eigenvalue weighted by Crippen LogP contribution is 2.35. The molecular formula is C24H18N4O3. The van der Waals surface area contributed by atoms with Crippen LogP contribution in [0.5, 0.6) is 5.75 Å². The number of rotatable bonds is 3. The molecular weight excluding hydrogens is 392 g/mol. The molecule has 2 N–H and O–H groups in total. The van der Waals surface area contributed by atoms with Gasteiger partial charge in [-0.05, 0) is 36.4 Å². The number of anilines is 1. The number of hydrogen-bond donors (Lipinski definition) is 1. The molecule has 2 aromatic carbocycles. The molecule has 152 valence electrons. The van der Waals surface area contributed by atoms with Gasteiger partial charge in [-0.1, -0.05) is 30.3 Å². The number of carbonyl (C=O) groups is 2. The summed E-state index contributed by atoms with van der Waals surface area (Å²) in [6.45, 7) is 0.0341. The average Bonchev–Trinajstić information content (AvgIpc) is 2.82. The van der Waals surface area contributed by atoms with Crippen molar-refractivity contribution in [3.05, 3.63) is 84.7 Å². The Hall–Kier alpha value is -4.26. The lowest BCUT2D eigenvalue weighted by Crippen LogP contribution is -2.49. The van der Waals surface area contributed by atoms with Gasteiger partial charge in [0.25, 0.3) is 11.8 Å². The Bertz CT molecular complexity index is 1310. The summed E-state index contributed by atoms with van der Waals surface area (Å²) in [5.74, 6) is -0.432. The van der Waals surface area contributed by atoms with Gasteiger partial charge in [-0.25, -0.2) is 4.98 Å². The van der Waals surface area contributed by atoms with Crippen LogP contribution in [-0.2, 0) is 4.79 Å². The number of ether oxygens (including phenoxy) is 1. The van der Waals surface area contributed by atoms with Crippen LogP contribution in [0.1, 0.15) is 10.4 Å². The Balaban J connectivity index is 1.67. The molecule has 5 rings (SSSR count). The molecule has 3 heterocycles. The molecule has 0 saturated carbocycles. The summed E-state index contributed by atoms with van der Waals surface area (Å²) in [6, 6.07) is 20.1. The first-order valence-electron chi connectivity index (χ1n) is 9.79. The van der Waals surface area contributed by atoms with E-state index in [9.17, 15) is 9.59 Å². The van der Waals surface area contributed by atoms with Crippen molar-refractivity contribution in [1.82, 2.24) is 9.97 Å². The summed E-state index contributed by atoms with van der Waals surface area (Å²) >= 11 is 0. The lowest BCUT2D eigenvalue weighted by molar-refractivity contribution is -0.124. The fraction of sp³-hybridized carbons (Fsp3) is 0.0833. The van der Waals surface area contributed by atoms with Crippen LogP contribution in [0.2, 0.25) is 0 Å². The van der Waals surface area contributed by atoms with Crippen LogP contribution in [0.4, 0.5) is 5.69 Å². The lowest BCUT2D eigenvalue weighted by atomic mass is 10.0. The van der Waals surface area contributed by atoms with Crippen molar-refractivity contribution < 1.29 is 14.3 Å². The molecule has 1 aliphatic rings. The van der Waals surface area contributed by atoms with Crippen LogP contribution in [-0.4, -0.2) is 34.4 Å². The number of benzene rings is 2. The molecule has 1 aliphatic heterocycles. The Morgan fingerprint density at radius 1 is 1.00 bits per heavy atom. The number of fused-ring (bicyclic) bond motifs is 2. The second-order valence-electron chi connectivity index (χ2n) is 7.20. The van der Waals surface area contributed by atoms with Crippen molar-refractivity contribution in [2.75, 3.05) is 11.4 Å². The van der Waals surface area contributed by atoms with E-state index in [1.807, 2.05) is 42.5 Å². The highest BCUT2D eigenvalue weighted by molar-refractivity contribution is 6.15. The van der Waals surface area contributed by atoms with E-state index >= 15 is 0 Å². The summed E-state index contributed by atoms with van der Waals surface area (Å²) in [6.07, 6.45) is 2.44. The minimum Gasteiger partial charge on any atom is -0.477 e. The maximum atomic E-state index is 13.8. The molecule has 0 saturated heterocycles. The van der Waals surface area contributed by atoms with Crippen LogP contribution in [0.15, 0.2) is 79.1 Å². The fourth-order valence-electron chi connectivity index (χ4n) is 3.74. The van der Waals surface area contributed by atoms with E-state index in [1.54, 1.807) is 41.6 Å². The third-order valence-electron chi connectivity index (χ3n) is 5.26. The van der Waals surface area contributed by atoms with E-state index in [0.717, 1.165) is 10.9 Å². The maximum Gasteiger partial charge on any atom is 0.260 e. The second-order valence-corrected chi connectivity index (χ2v) is 7.20. The van der Waals surface area contributed by atoms with Gasteiger partial charge in [0.05, 0.1) is 29.0 Å². The van der Waals surface area contributed by atoms with Gasteiger partial charge < -0.3 is 15.4 Å². The fourth-order valence-corrected chi connectivity index (χ4v) is 3.74. The molecule has 4 aromatic rings. The quantitative estimate of drug-likeness (QED) is 0.559. The first kappa shape index (κ1) is 18.7. The first-order valence-corrected chi connectivity index (χ1v) is 9.79. The van der Waals surface area contributed by atoms with E-state index < -0.39 is 12.0 Å². The topological polar surface area (TPSA) is 98.4 Å². The number of aromatic nitrogens is 2. The number of para-hydroxylation sites is 3. The summed E-state index contributed by atoms with van der Waals surface area (Å²) in [4.78, 5) is 36.0. The molecule has 31 heavy (non-hydrogen) atoms. The standard InChI is InChI=1S/C24H18N4O3/c25-23(29)22-14-28(20-7-3-4-8-21(20)31-22)24(30)17-13-19(15-9-11-26-12-10-15)27-18-6-2-1-5-16(17)18/h1-13,22H,14H2,(H2,25,29)/t22-/m0/s1. The number of carbonyl (C=O) groups excluding carboxylic acids is 2. The number of nitrogens with zero attached hydrogens (tertiary/aromatic N) is 3. The predicted molar refractivity (Wildman–Crippen MR) is 117 cm³/mol. The van der Waals surface area contributed by atoms with Crippen molar-refractivity contribution in [2.45, 2.75) is 6.10 Å². The van der Waals surface area contributed by atoms with E-state index in [4.69, 9.17) is 15.5 Å². The van der Waals surface area contributed by atoms with Crippen molar-refractivity contribution >= 4 is 28.4 Å². The normalized spacial score (nSPS) is 15.2. The van der Waals surface area contributed by atoms with E-state index in [0.29, 0.717) is 28.2 Å². The molecule has 0 spiro atoms. The molecule has 0 fully saturated rings. The molecule has 0 bridgehead atoms.